The Hall–Kier alpha value is -5.16. The van der Waals surface area contributed by atoms with Crippen LogP contribution in [0.3, 0.4) is 0 Å². The lowest BCUT2D eigenvalue weighted by Crippen LogP contribution is -2.58. The lowest BCUT2D eigenvalue weighted by molar-refractivity contribution is -0.134. The standard InChI is InChI=1S/C31H42N8O8S/c1-48-12-11-22(30(46)39-23(28(34)44)15-25(33)41)38-31(47)24(14-18-5-3-2-4-6-18)37-27(43)17-35-26(42)16-36-29(45)21(32)13-19-7-9-20(40)10-8-19/h2-10,21-24,40H,11-17,32H2,1H3,(H2,33,41)(H2,34,44)(H,35,42)(H,36,45)(H,37,43)(H,38,47)(H,39,46)/t21-,22-,23-,24-/m0/s1. The number of primary amides is 2. The molecule has 2 rings (SSSR count). The minimum atomic E-state index is -1.38. The van der Waals surface area contributed by atoms with Crippen molar-refractivity contribution in [2.45, 2.75) is 49.9 Å². The van der Waals surface area contributed by atoms with Gasteiger partial charge in [0.05, 0.1) is 25.6 Å². The van der Waals surface area contributed by atoms with Crippen molar-refractivity contribution >= 4 is 53.1 Å². The van der Waals surface area contributed by atoms with Gasteiger partial charge in [-0.15, -0.1) is 0 Å². The molecule has 0 radical (unpaired) electrons. The topological polar surface area (TPSA) is 278 Å². The maximum Gasteiger partial charge on any atom is 0.243 e. The van der Waals surface area contributed by atoms with E-state index in [-0.39, 0.29) is 25.0 Å². The van der Waals surface area contributed by atoms with Crippen LogP contribution in [-0.4, -0.2) is 95.7 Å². The van der Waals surface area contributed by atoms with Crippen LogP contribution in [0.15, 0.2) is 54.6 Å². The molecule has 0 saturated heterocycles. The number of carbonyl (C=O) groups is 7. The van der Waals surface area contributed by atoms with E-state index in [1.165, 1.54) is 23.9 Å². The molecule has 260 valence electrons. The van der Waals surface area contributed by atoms with Crippen LogP contribution < -0.4 is 43.8 Å². The molecule has 0 aliphatic carbocycles. The van der Waals surface area contributed by atoms with Gasteiger partial charge in [-0.1, -0.05) is 42.5 Å². The Labute approximate surface area is 281 Å². The summed E-state index contributed by atoms with van der Waals surface area (Å²) in [5, 5.41) is 21.6. The summed E-state index contributed by atoms with van der Waals surface area (Å²) in [6.07, 6.45) is 1.61. The van der Waals surface area contributed by atoms with Crippen LogP contribution in [0.4, 0.5) is 0 Å². The molecule has 16 nitrogen and oxygen atoms in total. The normalized spacial score (nSPS) is 13.1. The van der Waals surface area contributed by atoms with E-state index in [0.29, 0.717) is 16.9 Å². The highest BCUT2D eigenvalue weighted by Crippen LogP contribution is 2.11. The average Bonchev–Trinajstić information content (AvgIpc) is 3.04. The van der Waals surface area contributed by atoms with Crippen molar-refractivity contribution < 1.29 is 38.7 Å². The highest BCUT2D eigenvalue weighted by Gasteiger charge is 2.30. The van der Waals surface area contributed by atoms with Crippen LogP contribution in [0.25, 0.3) is 0 Å². The second-order valence-electron chi connectivity index (χ2n) is 10.8. The molecular formula is C31H42N8O8S. The number of rotatable bonds is 20. The number of carbonyl (C=O) groups excluding carboxylic acids is 7. The van der Waals surface area contributed by atoms with Gasteiger partial charge >= 0.3 is 0 Å². The predicted molar refractivity (Wildman–Crippen MR) is 178 cm³/mol. The van der Waals surface area contributed by atoms with Gasteiger partial charge in [-0.05, 0) is 48.1 Å². The Bertz CT molecular complexity index is 1430. The van der Waals surface area contributed by atoms with Crippen molar-refractivity contribution in [1.82, 2.24) is 26.6 Å². The third-order valence-electron chi connectivity index (χ3n) is 6.84. The molecule has 0 fully saturated rings. The van der Waals surface area contributed by atoms with Gasteiger partial charge in [0.25, 0.3) is 0 Å². The van der Waals surface area contributed by atoms with Gasteiger partial charge in [0.2, 0.25) is 41.4 Å². The number of aromatic hydroxyl groups is 1. The summed E-state index contributed by atoms with van der Waals surface area (Å²) in [6, 6.07) is 10.2. The molecule has 0 aliphatic heterocycles. The summed E-state index contributed by atoms with van der Waals surface area (Å²) in [6.45, 7) is -0.992. The molecule has 4 atom stereocenters. The molecule has 0 saturated carbocycles. The van der Waals surface area contributed by atoms with Gasteiger partial charge < -0.3 is 48.9 Å². The van der Waals surface area contributed by atoms with E-state index < -0.39 is 85.0 Å². The molecule has 17 heteroatoms. The van der Waals surface area contributed by atoms with Gasteiger partial charge in [-0.25, -0.2) is 0 Å². The van der Waals surface area contributed by atoms with Gasteiger partial charge in [0, 0.05) is 6.42 Å². The van der Waals surface area contributed by atoms with Crippen LogP contribution in [-0.2, 0) is 46.4 Å². The molecular weight excluding hydrogens is 644 g/mol. The maximum absolute atomic E-state index is 13.4. The van der Waals surface area contributed by atoms with Crippen molar-refractivity contribution in [3.05, 3.63) is 65.7 Å². The number of hydrogen-bond donors (Lipinski definition) is 9. The first-order valence-corrected chi connectivity index (χ1v) is 16.3. The number of thioether (sulfide) groups is 1. The maximum atomic E-state index is 13.4. The quantitative estimate of drug-likeness (QED) is 0.0695. The zero-order chi connectivity index (χ0) is 35.6. The van der Waals surface area contributed by atoms with Crippen molar-refractivity contribution in [1.29, 1.82) is 0 Å². The van der Waals surface area contributed by atoms with E-state index >= 15 is 0 Å². The number of nitrogens with one attached hydrogen (secondary N) is 5. The molecule has 7 amide bonds. The van der Waals surface area contributed by atoms with E-state index in [1.54, 1.807) is 48.7 Å². The minimum Gasteiger partial charge on any atom is -0.508 e. The van der Waals surface area contributed by atoms with Crippen LogP contribution >= 0.6 is 11.8 Å². The first-order valence-electron chi connectivity index (χ1n) is 14.9. The lowest BCUT2D eigenvalue weighted by atomic mass is 10.0. The number of amides is 7. The monoisotopic (exact) mass is 686 g/mol. The van der Waals surface area contributed by atoms with Crippen molar-refractivity contribution in [2.75, 3.05) is 25.1 Å². The Morgan fingerprint density at radius 2 is 1.29 bits per heavy atom. The summed E-state index contributed by atoms with van der Waals surface area (Å²) in [5.74, 6) is -4.84. The Morgan fingerprint density at radius 1 is 0.708 bits per heavy atom. The molecule has 2 aromatic carbocycles. The molecule has 0 heterocycles. The molecule has 0 aromatic heterocycles. The molecule has 0 spiro atoms. The Kier molecular flexibility index (Phi) is 16.4. The highest BCUT2D eigenvalue weighted by molar-refractivity contribution is 7.98. The average molecular weight is 687 g/mol. The fourth-order valence-electron chi connectivity index (χ4n) is 4.30. The first kappa shape index (κ1) is 39.0. The molecule has 0 unspecified atom stereocenters. The van der Waals surface area contributed by atoms with E-state index in [0.717, 1.165) is 0 Å². The first-order chi connectivity index (χ1) is 22.8. The molecule has 0 aliphatic rings. The highest BCUT2D eigenvalue weighted by atomic mass is 32.2. The zero-order valence-electron chi connectivity index (χ0n) is 26.4. The summed E-state index contributed by atoms with van der Waals surface area (Å²) in [5.41, 5.74) is 17.7. The van der Waals surface area contributed by atoms with Crippen molar-refractivity contribution in [3.63, 3.8) is 0 Å². The number of hydrogen-bond acceptors (Lipinski definition) is 10. The van der Waals surface area contributed by atoms with Crippen molar-refractivity contribution in [2.24, 2.45) is 17.2 Å². The van der Waals surface area contributed by atoms with Crippen LogP contribution in [0.2, 0.25) is 0 Å². The largest absolute Gasteiger partial charge is 0.508 e. The van der Waals surface area contributed by atoms with E-state index in [2.05, 4.69) is 26.6 Å². The SMILES string of the molecule is CSCC[C@H](NC(=O)[C@H](Cc1ccccc1)NC(=O)CNC(=O)CNC(=O)[C@@H](N)Cc1ccc(O)cc1)C(=O)N[C@@H](CC(N)=O)C(N)=O. The van der Waals surface area contributed by atoms with Gasteiger partial charge in [0.1, 0.15) is 23.9 Å². The van der Waals surface area contributed by atoms with Gasteiger partial charge in [0.15, 0.2) is 0 Å². The number of phenols is 1. The fourth-order valence-corrected chi connectivity index (χ4v) is 4.77. The van der Waals surface area contributed by atoms with E-state index in [4.69, 9.17) is 17.2 Å². The van der Waals surface area contributed by atoms with E-state index in [1.807, 2.05) is 0 Å². The van der Waals surface area contributed by atoms with Gasteiger partial charge in [-0.2, -0.15) is 11.8 Å². The second kappa shape index (κ2) is 20.2. The number of phenolic OH excluding ortho intramolecular Hbond substituents is 1. The Morgan fingerprint density at radius 3 is 1.90 bits per heavy atom. The molecule has 12 N–H and O–H groups in total. The second-order valence-corrected chi connectivity index (χ2v) is 11.7. The smallest absolute Gasteiger partial charge is 0.243 e. The summed E-state index contributed by atoms with van der Waals surface area (Å²) < 4.78 is 0. The van der Waals surface area contributed by atoms with E-state index in [9.17, 15) is 38.7 Å². The predicted octanol–water partition coefficient (Wildman–Crippen LogP) is -2.69. The number of nitrogens with two attached hydrogens (primary N) is 3. The fraction of sp³-hybridized carbons (Fsp3) is 0.387. The molecule has 48 heavy (non-hydrogen) atoms. The lowest BCUT2D eigenvalue weighted by Gasteiger charge is -2.24. The number of benzene rings is 2. The zero-order valence-corrected chi connectivity index (χ0v) is 27.2. The minimum absolute atomic E-state index is 0.0315. The summed E-state index contributed by atoms with van der Waals surface area (Å²) in [4.78, 5) is 87.1. The van der Waals surface area contributed by atoms with Crippen molar-refractivity contribution in [3.8, 4) is 5.75 Å². The van der Waals surface area contributed by atoms with Gasteiger partial charge in [-0.3, -0.25) is 33.6 Å². The molecule has 0 bridgehead atoms. The third-order valence-corrected chi connectivity index (χ3v) is 7.49. The third kappa shape index (κ3) is 14.5. The van der Waals surface area contributed by atoms with Crippen LogP contribution in [0.1, 0.15) is 24.0 Å². The van der Waals surface area contributed by atoms with Crippen LogP contribution in [0, 0.1) is 0 Å². The molecule has 2 aromatic rings. The summed E-state index contributed by atoms with van der Waals surface area (Å²) in [7, 11) is 0. The summed E-state index contributed by atoms with van der Waals surface area (Å²) >= 11 is 1.40. The Balaban J connectivity index is 2.01. The van der Waals surface area contributed by atoms with Crippen LogP contribution in [0.5, 0.6) is 5.75 Å².